The molecular formula is C39H48AuN2-2. The van der Waals surface area contributed by atoms with Gasteiger partial charge in [0, 0.05) is 52.8 Å². The number of hydrogen-bond donors (Lipinski definition) is 0. The molecule has 0 atom stereocenters. The molecule has 42 heavy (non-hydrogen) atoms. The Morgan fingerprint density at radius 2 is 1.26 bits per heavy atom. The summed E-state index contributed by atoms with van der Waals surface area (Å²) in [6, 6.07) is 20.0. The molecule has 3 aromatic carbocycles. The molecule has 4 aromatic rings. The van der Waals surface area contributed by atoms with Crippen molar-refractivity contribution >= 4 is 27.5 Å². The summed E-state index contributed by atoms with van der Waals surface area (Å²) in [4.78, 5) is 6.18. The van der Waals surface area contributed by atoms with Crippen LogP contribution in [-0.4, -0.2) is 5.54 Å². The molecule has 227 valence electrons. The number of rotatable bonds is 3. The van der Waals surface area contributed by atoms with E-state index in [9.17, 15) is 0 Å². The predicted molar refractivity (Wildman–Crippen MR) is 174 cm³/mol. The van der Waals surface area contributed by atoms with E-state index >= 15 is 0 Å². The van der Waals surface area contributed by atoms with Crippen LogP contribution in [0.25, 0.3) is 21.8 Å². The van der Waals surface area contributed by atoms with E-state index in [2.05, 4.69) is 41.4 Å². The van der Waals surface area contributed by atoms with Crippen LogP contribution in [0.15, 0.2) is 66.7 Å². The molecule has 2 nitrogen and oxygen atoms in total. The van der Waals surface area contributed by atoms with E-state index < -0.39 is 55.9 Å². The first-order valence-electron chi connectivity index (χ1n) is 22.0. The largest absolute Gasteiger partial charge is 0.657 e. The van der Waals surface area contributed by atoms with Crippen molar-refractivity contribution in [3.8, 4) is 0 Å². The fourth-order valence-electron chi connectivity index (χ4n) is 9.16. The molecule has 5 aliphatic rings. The van der Waals surface area contributed by atoms with Gasteiger partial charge in [-0.05, 0) is 91.5 Å². The second-order valence-corrected chi connectivity index (χ2v) is 13.5. The van der Waals surface area contributed by atoms with Crippen molar-refractivity contribution in [2.75, 3.05) is 4.90 Å². The molecular weight excluding hydrogens is 693 g/mol. The molecule has 1 radical (unpaired) electrons. The van der Waals surface area contributed by atoms with Gasteiger partial charge in [-0.1, -0.05) is 112 Å². The molecule has 1 aliphatic heterocycles. The summed E-state index contributed by atoms with van der Waals surface area (Å²) < 4.78 is 117. The molecule has 0 N–H and O–H groups in total. The van der Waals surface area contributed by atoms with Crippen molar-refractivity contribution in [3.63, 3.8) is 0 Å². The first-order valence-corrected chi connectivity index (χ1v) is 15.0. The Morgan fingerprint density at radius 1 is 0.762 bits per heavy atom. The van der Waals surface area contributed by atoms with Gasteiger partial charge in [-0.3, -0.25) is 0 Å². The maximum atomic E-state index is 9.10. The number of aromatic nitrogens is 1. The Kier molecular flexibility index (Phi) is 4.65. The quantitative estimate of drug-likeness (QED) is 0.153. The number of fused-ring (bicyclic) bond motifs is 3. The maximum Gasteiger partial charge on any atom is 0.0347 e. The van der Waals surface area contributed by atoms with Crippen molar-refractivity contribution in [1.29, 1.82) is 0 Å². The number of benzene rings is 3. The Morgan fingerprint density at radius 3 is 1.76 bits per heavy atom. The van der Waals surface area contributed by atoms with E-state index in [-0.39, 0.29) is 33.5 Å². The zero-order valence-electron chi connectivity index (χ0n) is 38.2. The maximum absolute atomic E-state index is 9.10. The monoisotopic (exact) mass is 755 g/mol. The fraction of sp³-hybridized carbons (Fsp3) is 0.513. The van der Waals surface area contributed by atoms with Crippen LogP contribution >= 0.6 is 0 Å². The second-order valence-electron chi connectivity index (χ2n) is 13.5. The van der Waals surface area contributed by atoms with Gasteiger partial charge in [0.25, 0.3) is 0 Å². The van der Waals surface area contributed by atoms with Crippen LogP contribution in [-0.2, 0) is 22.4 Å². The summed E-state index contributed by atoms with van der Waals surface area (Å²) in [5.41, 5.74) is -0.276. The minimum atomic E-state index is -3.40. The van der Waals surface area contributed by atoms with Gasteiger partial charge in [0.15, 0.2) is 0 Å². The molecule has 4 bridgehead atoms. The first kappa shape index (κ1) is 17.5. The molecule has 4 saturated carbocycles. The predicted octanol–water partition coefficient (Wildman–Crippen LogP) is 10.5. The molecule has 0 unspecified atom stereocenters. The molecule has 0 amide bonds. The SMILES string of the molecule is [2H]C([2H])([2H])C([2H])(c1cccc(C([2H])(C([2H])([2H])[2H])C([2H])([2H])[2H])c1N1[CH-]C2(CC1(C)C)C1CC3CC(C1)CC2C3)C([2H])([2H])[2H].[Au].c1ccc2c(c1)[n-]c1ccccc12. The number of anilines is 1. The number of nitrogens with zero attached hydrogens (tertiary/aromatic N) is 2. The van der Waals surface area contributed by atoms with Gasteiger partial charge < -0.3 is 9.88 Å². The Labute approximate surface area is 289 Å². The van der Waals surface area contributed by atoms with Gasteiger partial charge in [0.2, 0.25) is 0 Å². The van der Waals surface area contributed by atoms with Crippen LogP contribution < -0.4 is 9.88 Å². The van der Waals surface area contributed by atoms with E-state index in [4.69, 9.17) is 19.2 Å². The van der Waals surface area contributed by atoms with E-state index in [1.807, 2.05) is 32.5 Å². The Bertz CT molecular complexity index is 1910. The van der Waals surface area contributed by atoms with Crippen LogP contribution in [0.4, 0.5) is 5.69 Å². The van der Waals surface area contributed by atoms with Crippen LogP contribution in [0.2, 0.25) is 0 Å². The van der Waals surface area contributed by atoms with E-state index in [0.717, 1.165) is 36.7 Å². The average Bonchev–Trinajstić information content (AvgIpc) is 3.58. The number of hydrogen-bond acceptors (Lipinski definition) is 1. The molecule has 3 heteroatoms. The van der Waals surface area contributed by atoms with Crippen LogP contribution in [0.5, 0.6) is 0 Å². The van der Waals surface area contributed by atoms with Crippen LogP contribution in [0.1, 0.15) is 122 Å². The minimum Gasteiger partial charge on any atom is -0.657 e. The normalized spacial score (nSPS) is 35.6. The average molecular weight is 756 g/mol. The molecule has 9 rings (SSSR count). The third kappa shape index (κ3) is 4.90. The molecule has 4 aliphatic carbocycles. The second kappa shape index (κ2) is 11.2. The summed E-state index contributed by atoms with van der Waals surface area (Å²) in [7, 11) is 0. The summed E-state index contributed by atoms with van der Waals surface area (Å²) >= 11 is 0. The van der Waals surface area contributed by atoms with Gasteiger partial charge in [-0.25, -0.2) is 6.54 Å². The summed E-state index contributed by atoms with van der Waals surface area (Å²) in [6.45, 7) is -7.82. The van der Waals surface area contributed by atoms with E-state index in [1.54, 1.807) is 4.90 Å². The van der Waals surface area contributed by atoms with Crippen molar-refractivity contribution < 1.29 is 41.6 Å². The van der Waals surface area contributed by atoms with E-state index in [1.165, 1.54) is 35.4 Å². The van der Waals surface area contributed by atoms with Crippen molar-refractivity contribution in [3.05, 3.63) is 84.4 Å². The van der Waals surface area contributed by atoms with Crippen molar-refractivity contribution in [2.24, 2.45) is 29.1 Å². The van der Waals surface area contributed by atoms with Gasteiger partial charge in [-0.2, -0.15) is 0 Å². The third-order valence-electron chi connectivity index (χ3n) is 10.6. The number of para-hydroxylation sites is 3. The summed E-state index contributed by atoms with van der Waals surface area (Å²) in [5.74, 6) is -4.51. The fourth-order valence-corrected chi connectivity index (χ4v) is 9.16. The molecule has 1 saturated heterocycles. The molecule has 1 spiro atoms. The Balaban J connectivity index is 0.000000317. The zero-order valence-corrected chi connectivity index (χ0v) is 26.3. The first-order chi connectivity index (χ1) is 25.3. The van der Waals surface area contributed by atoms with Gasteiger partial charge in [0.05, 0.1) is 0 Å². The Hall–Kier alpha value is -2.00. The topological polar surface area (TPSA) is 17.3 Å². The minimum absolute atomic E-state index is 0. The van der Waals surface area contributed by atoms with Gasteiger partial charge >= 0.3 is 0 Å². The summed E-state index contributed by atoms with van der Waals surface area (Å²) in [6.07, 6.45) is 6.02. The van der Waals surface area contributed by atoms with Crippen LogP contribution in [0.3, 0.4) is 0 Å². The van der Waals surface area contributed by atoms with Gasteiger partial charge in [-0.15, -0.1) is 16.4 Å². The zero-order chi connectivity index (χ0) is 40.4. The standard InChI is InChI=1S/C27H40N.C12H8N.Au/c1-17(2)23-8-7-9-24(18(3)4)25(23)28-16-27(15-26(28,5)6)21-11-19-10-20(13-21)14-22(27)12-19;1-3-7-11-9(5-1)10-6-2-4-8-12(10)13-11;/h7-9,16-22H,10-15H2,1-6H3;1-8H;/q2*-1;/i1D3,2D3,3D3,4D3,17D,18D;;. The van der Waals surface area contributed by atoms with E-state index in [0.29, 0.717) is 30.1 Å². The molecule has 2 heterocycles. The summed E-state index contributed by atoms with van der Waals surface area (Å²) in [5, 5.41) is 2.50. The van der Waals surface area contributed by atoms with Crippen molar-refractivity contribution in [2.45, 2.75) is 97.1 Å². The third-order valence-corrected chi connectivity index (χ3v) is 10.6. The molecule has 1 aromatic heterocycles. The molecule has 5 fully saturated rings. The smallest absolute Gasteiger partial charge is 0.0347 e. The van der Waals surface area contributed by atoms with Gasteiger partial charge in [0.1, 0.15) is 0 Å². The van der Waals surface area contributed by atoms with Crippen LogP contribution in [0, 0.1) is 35.6 Å². The van der Waals surface area contributed by atoms with Crippen molar-refractivity contribution in [1.82, 2.24) is 4.98 Å².